The maximum absolute atomic E-state index is 12.0. The molecule has 1 aromatic carbocycles. The molecule has 1 aromatic rings. The average Bonchev–Trinajstić information content (AvgIpc) is 2.39. The Morgan fingerprint density at radius 3 is 2.58 bits per heavy atom. The monoisotopic (exact) mass is 263 g/mol. The maximum Gasteiger partial charge on any atom is 0.335 e. The van der Waals surface area contributed by atoms with Crippen molar-refractivity contribution in [2.24, 2.45) is 0 Å². The number of amides is 2. The van der Waals surface area contributed by atoms with Crippen LogP contribution in [0, 0.1) is 6.92 Å². The van der Waals surface area contributed by atoms with E-state index < -0.39 is 5.97 Å². The summed E-state index contributed by atoms with van der Waals surface area (Å²) in [5.41, 5.74) is 1.50. The summed E-state index contributed by atoms with van der Waals surface area (Å²) in [6.45, 7) is 4.66. The lowest BCUT2D eigenvalue weighted by atomic mass is 10.1. The summed E-state index contributed by atoms with van der Waals surface area (Å²) < 4.78 is 0. The second-order valence-corrected chi connectivity index (χ2v) is 4.50. The van der Waals surface area contributed by atoms with Crippen LogP contribution in [0.2, 0.25) is 0 Å². The molecule has 19 heavy (non-hydrogen) atoms. The van der Waals surface area contributed by atoms with Gasteiger partial charge in [0.2, 0.25) is 0 Å². The van der Waals surface area contributed by atoms with Crippen LogP contribution >= 0.6 is 0 Å². The number of benzene rings is 1. The normalized spacial score (nSPS) is 15.1. The van der Waals surface area contributed by atoms with E-state index in [-0.39, 0.29) is 11.6 Å². The highest BCUT2D eigenvalue weighted by Crippen LogP contribution is 2.15. The predicted octanol–water partition coefficient (Wildman–Crippen LogP) is 1.13. The maximum atomic E-state index is 12.0. The highest BCUT2D eigenvalue weighted by molar-refractivity contribution is 5.92. The van der Waals surface area contributed by atoms with Crippen molar-refractivity contribution in [3.8, 4) is 0 Å². The van der Waals surface area contributed by atoms with Gasteiger partial charge in [-0.15, -0.1) is 0 Å². The topological polar surface area (TPSA) is 81.7 Å². The van der Waals surface area contributed by atoms with Gasteiger partial charge in [0.1, 0.15) is 0 Å². The van der Waals surface area contributed by atoms with Crippen molar-refractivity contribution in [3.63, 3.8) is 0 Å². The number of carboxylic acid groups (broad SMARTS) is 1. The van der Waals surface area contributed by atoms with Crippen LogP contribution < -0.4 is 10.6 Å². The van der Waals surface area contributed by atoms with Crippen LogP contribution in [0.5, 0.6) is 0 Å². The molecule has 0 radical (unpaired) electrons. The zero-order valence-corrected chi connectivity index (χ0v) is 10.8. The number of carbonyl (C=O) groups excluding carboxylic acids is 1. The van der Waals surface area contributed by atoms with Gasteiger partial charge in [-0.2, -0.15) is 0 Å². The number of carboxylic acids is 1. The molecule has 0 saturated carbocycles. The van der Waals surface area contributed by atoms with Crippen LogP contribution in [0.3, 0.4) is 0 Å². The molecule has 102 valence electrons. The third-order valence-electron chi connectivity index (χ3n) is 3.11. The molecule has 1 aliphatic rings. The molecule has 0 unspecified atom stereocenters. The molecular formula is C13H17N3O3. The van der Waals surface area contributed by atoms with Crippen molar-refractivity contribution in [2.75, 3.05) is 31.5 Å². The Kier molecular flexibility index (Phi) is 4.01. The fourth-order valence-electron chi connectivity index (χ4n) is 2.05. The smallest absolute Gasteiger partial charge is 0.335 e. The lowest BCUT2D eigenvalue weighted by Crippen LogP contribution is -2.48. The summed E-state index contributed by atoms with van der Waals surface area (Å²) in [6.07, 6.45) is 0. The first-order valence-electron chi connectivity index (χ1n) is 6.18. The fourth-order valence-corrected chi connectivity index (χ4v) is 2.05. The average molecular weight is 263 g/mol. The number of anilines is 1. The second kappa shape index (κ2) is 5.71. The van der Waals surface area contributed by atoms with Crippen molar-refractivity contribution in [3.05, 3.63) is 29.3 Å². The van der Waals surface area contributed by atoms with Crippen molar-refractivity contribution in [2.45, 2.75) is 6.92 Å². The minimum atomic E-state index is -0.961. The molecule has 6 heteroatoms. The zero-order chi connectivity index (χ0) is 13.8. The third kappa shape index (κ3) is 3.23. The summed E-state index contributed by atoms with van der Waals surface area (Å²) in [7, 11) is 0. The van der Waals surface area contributed by atoms with E-state index in [0.717, 1.165) is 13.1 Å². The number of hydrogen-bond acceptors (Lipinski definition) is 3. The van der Waals surface area contributed by atoms with Gasteiger partial charge in [-0.3, -0.25) is 0 Å². The van der Waals surface area contributed by atoms with Crippen LogP contribution in [0.25, 0.3) is 0 Å². The van der Waals surface area contributed by atoms with Gasteiger partial charge >= 0.3 is 12.0 Å². The van der Waals surface area contributed by atoms with E-state index >= 15 is 0 Å². The van der Waals surface area contributed by atoms with Crippen LogP contribution in [0.1, 0.15) is 15.9 Å². The van der Waals surface area contributed by atoms with Crippen LogP contribution in [0.4, 0.5) is 10.5 Å². The number of nitrogens with one attached hydrogen (secondary N) is 2. The Morgan fingerprint density at radius 1 is 1.32 bits per heavy atom. The van der Waals surface area contributed by atoms with E-state index in [1.54, 1.807) is 24.0 Å². The SMILES string of the molecule is Cc1cc(NC(=O)N2CCNCC2)ccc1C(=O)O. The van der Waals surface area contributed by atoms with Crippen LogP contribution in [-0.4, -0.2) is 48.2 Å². The highest BCUT2D eigenvalue weighted by Gasteiger charge is 2.16. The molecule has 2 rings (SSSR count). The largest absolute Gasteiger partial charge is 0.478 e. The number of rotatable bonds is 2. The standard InChI is InChI=1S/C13H17N3O3/c1-9-8-10(2-3-11(9)12(17)18)15-13(19)16-6-4-14-5-7-16/h2-3,8,14H,4-7H2,1H3,(H,15,19)(H,17,18). The zero-order valence-electron chi connectivity index (χ0n) is 10.8. The van der Waals surface area contributed by atoms with Crippen molar-refractivity contribution in [1.82, 2.24) is 10.2 Å². The Hall–Kier alpha value is -2.08. The number of hydrogen-bond donors (Lipinski definition) is 3. The van der Waals surface area contributed by atoms with Crippen molar-refractivity contribution in [1.29, 1.82) is 0 Å². The molecule has 0 aromatic heterocycles. The van der Waals surface area contributed by atoms with Gasteiger partial charge in [-0.25, -0.2) is 9.59 Å². The number of carbonyl (C=O) groups is 2. The summed E-state index contributed by atoms with van der Waals surface area (Å²) >= 11 is 0. The quantitative estimate of drug-likeness (QED) is 0.747. The lowest BCUT2D eigenvalue weighted by Gasteiger charge is -2.27. The van der Waals surface area contributed by atoms with Gasteiger partial charge in [0.05, 0.1) is 5.56 Å². The fraction of sp³-hybridized carbons (Fsp3) is 0.385. The molecule has 2 amide bonds. The number of aryl methyl sites for hydroxylation is 1. The number of piperazine rings is 1. The molecule has 1 fully saturated rings. The Balaban J connectivity index is 2.04. The predicted molar refractivity (Wildman–Crippen MR) is 71.6 cm³/mol. The molecule has 3 N–H and O–H groups in total. The number of nitrogens with zero attached hydrogens (tertiary/aromatic N) is 1. The Labute approximate surface area is 111 Å². The first-order chi connectivity index (χ1) is 9.08. The van der Waals surface area contributed by atoms with Gasteiger partial charge in [0, 0.05) is 31.9 Å². The minimum absolute atomic E-state index is 0.149. The van der Waals surface area contributed by atoms with E-state index in [4.69, 9.17) is 5.11 Å². The van der Waals surface area contributed by atoms with E-state index in [0.29, 0.717) is 24.3 Å². The summed E-state index contributed by atoms with van der Waals surface area (Å²) in [5, 5.41) is 14.9. The van der Waals surface area contributed by atoms with Crippen LogP contribution in [-0.2, 0) is 0 Å². The molecule has 0 atom stereocenters. The molecule has 1 saturated heterocycles. The lowest BCUT2D eigenvalue weighted by molar-refractivity contribution is 0.0696. The van der Waals surface area contributed by atoms with Gasteiger partial charge < -0.3 is 20.6 Å². The van der Waals surface area contributed by atoms with Crippen molar-refractivity contribution < 1.29 is 14.7 Å². The molecule has 6 nitrogen and oxygen atoms in total. The molecule has 0 bridgehead atoms. The van der Waals surface area contributed by atoms with E-state index in [1.807, 2.05) is 0 Å². The number of urea groups is 1. The summed E-state index contributed by atoms with van der Waals surface area (Å²) in [5.74, 6) is -0.961. The van der Waals surface area contributed by atoms with Gasteiger partial charge in [-0.05, 0) is 30.7 Å². The van der Waals surface area contributed by atoms with E-state index in [1.165, 1.54) is 6.07 Å². The van der Waals surface area contributed by atoms with E-state index in [9.17, 15) is 9.59 Å². The molecule has 1 aliphatic heterocycles. The molecule has 1 heterocycles. The minimum Gasteiger partial charge on any atom is -0.478 e. The molecular weight excluding hydrogens is 246 g/mol. The Bertz CT molecular complexity index is 496. The van der Waals surface area contributed by atoms with Gasteiger partial charge in [0.25, 0.3) is 0 Å². The summed E-state index contributed by atoms with van der Waals surface area (Å²) in [4.78, 5) is 24.6. The van der Waals surface area contributed by atoms with Gasteiger partial charge in [0.15, 0.2) is 0 Å². The Morgan fingerprint density at radius 2 is 2.00 bits per heavy atom. The van der Waals surface area contributed by atoms with Crippen LogP contribution in [0.15, 0.2) is 18.2 Å². The highest BCUT2D eigenvalue weighted by atomic mass is 16.4. The van der Waals surface area contributed by atoms with Crippen molar-refractivity contribution >= 4 is 17.7 Å². The number of aromatic carboxylic acids is 1. The first-order valence-corrected chi connectivity index (χ1v) is 6.18. The summed E-state index contributed by atoms with van der Waals surface area (Å²) in [6, 6.07) is 4.63. The second-order valence-electron chi connectivity index (χ2n) is 4.50. The van der Waals surface area contributed by atoms with Gasteiger partial charge in [-0.1, -0.05) is 0 Å². The first kappa shape index (κ1) is 13.4. The molecule has 0 aliphatic carbocycles. The van der Waals surface area contributed by atoms with E-state index in [2.05, 4.69) is 10.6 Å². The third-order valence-corrected chi connectivity index (χ3v) is 3.11. The molecule has 0 spiro atoms.